The highest BCUT2D eigenvalue weighted by atomic mass is 35.5. The maximum absolute atomic E-state index is 10.6. The lowest BCUT2D eigenvalue weighted by Gasteiger charge is -1.99. The van der Waals surface area contributed by atoms with Gasteiger partial charge in [-0.3, -0.25) is 5.11 Å². The summed E-state index contributed by atoms with van der Waals surface area (Å²) in [5.74, 6) is 0.423. The third-order valence-electron chi connectivity index (χ3n) is 1.12. The predicted octanol–water partition coefficient (Wildman–Crippen LogP) is 2.49. The largest absolute Gasteiger partial charge is 0.495 e. The van der Waals surface area contributed by atoms with E-state index in [0.29, 0.717) is 10.8 Å². The topological polar surface area (TPSA) is 29.1 Å². The van der Waals surface area contributed by atoms with E-state index < -0.39 is 0 Å². The minimum atomic E-state index is -0.106. The summed E-state index contributed by atoms with van der Waals surface area (Å²) in [6.45, 7) is 0. The summed E-state index contributed by atoms with van der Waals surface area (Å²) in [5.41, 5.74) is 0. The van der Waals surface area contributed by atoms with E-state index in [0.717, 1.165) is 0 Å². The van der Waals surface area contributed by atoms with E-state index in [4.69, 9.17) is 16.3 Å². The molecule has 53 valence electrons. The van der Waals surface area contributed by atoms with Crippen LogP contribution in [0.2, 0.25) is 5.02 Å². The molecule has 3 heteroatoms. The number of methoxy groups -OCH3 is 1. The minimum absolute atomic E-state index is 0.106. The van der Waals surface area contributed by atoms with Gasteiger partial charge in [0.2, 0.25) is 0 Å². The molecule has 1 rings (SSSR count). The molecule has 0 unspecified atom stereocenters. The van der Waals surface area contributed by atoms with Gasteiger partial charge in [-0.2, -0.15) is 0 Å². The van der Waals surface area contributed by atoms with E-state index in [1.165, 1.54) is 19.2 Å². The van der Waals surface area contributed by atoms with Gasteiger partial charge in [-0.05, 0) is 12.1 Å². The summed E-state index contributed by atoms with van der Waals surface area (Å²) in [6, 6.07) is 4.27. The van der Waals surface area contributed by atoms with Crippen molar-refractivity contribution in [1.29, 1.82) is 0 Å². The van der Waals surface area contributed by atoms with Gasteiger partial charge in [0.25, 0.3) is 0 Å². The highest BCUT2D eigenvalue weighted by Gasteiger charge is 1.99. The van der Waals surface area contributed by atoms with Gasteiger partial charge in [0.1, 0.15) is 5.75 Å². The van der Waals surface area contributed by atoms with Crippen LogP contribution < -0.4 is 4.74 Å². The van der Waals surface area contributed by atoms with Crippen molar-refractivity contribution < 1.29 is 9.84 Å². The van der Waals surface area contributed by atoms with E-state index in [9.17, 15) is 5.11 Å². The van der Waals surface area contributed by atoms with Crippen molar-refractivity contribution in [3.05, 3.63) is 23.2 Å². The quantitative estimate of drug-likeness (QED) is 0.616. The van der Waals surface area contributed by atoms with Gasteiger partial charge < -0.3 is 4.74 Å². The number of ether oxygens (including phenoxy) is 1. The molecule has 1 radical (unpaired) electrons. The van der Waals surface area contributed by atoms with Crippen LogP contribution in [-0.2, 0) is 5.11 Å². The zero-order valence-corrected chi connectivity index (χ0v) is 6.18. The van der Waals surface area contributed by atoms with Crippen molar-refractivity contribution in [3.8, 4) is 11.5 Å². The van der Waals surface area contributed by atoms with E-state index in [1.807, 2.05) is 0 Å². The Hall–Kier alpha value is -0.890. The average Bonchev–Trinajstić information content (AvgIpc) is 1.88. The summed E-state index contributed by atoms with van der Waals surface area (Å²) in [6.07, 6.45) is 0. The first-order valence-corrected chi connectivity index (χ1v) is 3.12. The van der Waals surface area contributed by atoms with Crippen LogP contribution in [0.25, 0.3) is 0 Å². The molecule has 0 saturated carbocycles. The molecule has 0 amide bonds. The lowest BCUT2D eigenvalue weighted by Crippen LogP contribution is -1.81. The van der Waals surface area contributed by atoms with Gasteiger partial charge in [0, 0.05) is 6.07 Å². The van der Waals surface area contributed by atoms with Crippen LogP contribution in [-0.4, -0.2) is 7.11 Å². The molecule has 0 aromatic heterocycles. The molecule has 0 aliphatic carbocycles. The van der Waals surface area contributed by atoms with Gasteiger partial charge in [-0.15, -0.1) is 0 Å². The third kappa shape index (κ3) is 1.33. The minimum Gasteiger partial charge on any atom is -0.495 e. The van der Waals surface area contributed by atoms with Crippen LogP contribution in [0.15, 0.2) is 18.2 Å². The van der Waals surface area contributed by atoms with Gasteiger partial charge in [-0.25, -0.2) is 0 Å². The Morgan fingerprint density at radius 2 is 2.20 bits per heavy atom. The van der Waals surface area contributed by atoms with Crippen molar-refractivity contribution >= 4 is 11.6 Å². The number of halogens is 1. The molecule has 0 spiro atoms. The molecule has 0 fully saturated rings. The van der Waals surface area contributed by atoms with E-state index in [1.54, 1.807) is 6.07 Å². The lowest BCUT2D eigenvalue weighted by molar-refractivity contribution is 0.353. The van der Waals surface area contributed by atoms with Crippen LogP contribution in [0.4, 0.5) is 0 Å². The van der Waals surface area contributed by atoms with Crippen LogP contribution in [0, 0.1) is 0 Å². The lowest BCUT2D eigenvalue weighted by atomic mass is 10.3. The zero-order valence-electron chi connectivity index (χ0n) is 5.43. The van der Waals surface area contributed by atoms with Crippen molar-refractivity contribution in [1.82, 2.24) is 0 Å². The Bertz CT molecular complexity index is 235. The molecule has 0 saturated heterocycles. The molecule has 0 N–H and O–H groups in total. The van der Waals surface area contributed by atoms with Crippen molar-refractivity contribution in [3.63, 3.8) is 0 Å². The first-order chi connectivity index (χ1) is 4.74. The summed E-state index contributed by atoms with van der Waals surface area (Å²) < 4.78 is 4.83. The number of hydrogen-bond acceptors (Lipinski definition) is 1. The summed E-state index contributed by atoms with van der Waals surface area (Å²) in [5, 5.41) is 11.0. The average molecular weight is 158 g/mol. The molecule has 0 aliphatic heterocycles. The molecule has 2 nitrogen and oxygen atoms in total. The second-order valence-electron chi connectivity index (χ2n) is 1.80. The predicted molar refractivity (Wildman–Crippen MR) is 38.1 cm³/mol. The van der Waals surface area contributed by atoms with Crippen molar-refractivity contribution in [2.45, 2.75) is 0 Å². The number of hydrogen-bond donors (Lipinski definition) is 0. The Balaban J connectivity index is 3.07. The number of rotatable bonds is 1. The molecule has 0 atom stereocenters. The Labute approximate surface area is 64.0 Å². The van der Waals surface area contributed by atoms with Crippen LogP contribution in [0.3, 0.4) is 0 Å². The fourth-order valence-corrected chi connectivity index (χ4v) is 0.895. The highest BCUT2D eigenvalue weighted by molar-refractivity contribution is 6.32. The van der Waals surface area contributed by atoms with Crippen molar-refractivity contribution in [2.24, 2.45) is 0 Å². The Morgan fingerprint density at radius 3 is 2.70 bits per heavy atom. The van der Waals surface area contributed by atoms with Gasteiger partial charge in [-0.1, -0.05) is 11.6 Å². The van der Waals surface area contributed by atoms with Crippen LogP contribution in [0.1, 0.15) is 0 Å². The van der Waals surface area contributed by atoms with E-state index in [-0.39, 0.29) is 5.75 Å². The Morgan fingerprint density at radius 1 is 1.50 bits per heavy atom. The molecule has 1 aromatic rings. The summed E-state index contributed by atoms with van der Waals surface area (Å²) in [7, 11) is 1.51. The molecule has 0 aliphatic rings. The molecular weight excluding hydrogens is 152 g/mol. The molecule has 0 heterocycles. The smallest absolute Gasteiger partial charge is 0.180 e. The normalized spacial score (nSPS) is 9.40. The maximum Gasteiger partial charge on any atom is 0.180 e. The summed E-state index contributed by atoms with van der Waals surface area (Å²) >= 11 is 5.60. The Kier molecular flexibility index (Phi) is 2.02. The maximum atomic E-state index is 10.6. The SMILES string of the molecule is COc1ccc([O])cc1Cl. The number of benzene rings is 1. The summed E-state index contributed by atoms with van der Waals surface area (Å²) in [4.78, 5) is 0. The molecule has 0 bridgehead atoms. The van der Waals surface area contributed by atoms with Gasteiger partial charge >= 0.3 is 0 Å². The van der Waals surface area contributed by atoms with Crippen LogP contribution in [0.5, 0.6) is 11.5 Å². The fraction of sp³-hybridized carbons (Fsp3) is 0.143. The van der Waals surface area contributed by atoms with Crippen molar-refractivity contribution in [2.75, 3.05) is 7.11 Å². The first kappa shape index (κ1) is 7.22. The van der Waals surface area contributed by atoms with Gasteiger partial charge in [0.05, 0.1) is 12.1 Å². The highest BCUT2D eigenvalue weighted by Crippen LogP contribution is 2.27. The van der Waals surface area contributed by atoms with Gasteiger partial charge in [0.15, 0.2) is 5.75 Å². The monoisotopic (exact) mass is 157 g/mol. The molecule has 1 aromatic carbocycles. The standard InChI is InChI=1S/C7H6ClO2/c1-10-7-3-2-5(9)4-6(7)8/h2-4H,1H3. The molecule has 10 heavy (non-hydrogen) atoms. The van der Waals surface area contributed by atoms with E-state index in [2.05, 4.69) is 0 Å². The van der Waals surface area contributed by atoms with E-state index >= 15 is 0 Å². The second-order valence-corrected chi connectivity index (χ2v) is 2.20. The van der Waals surface area contributed by atoms with Crippen LogP contribution >= 0.6 is 11.6 Å². The zero-order chi connectivity index (χ0) is 7.56. The second kappa shape index (κ2) is 2.80. The molecular formula is C7H6ClO2. The first-order valence-electron chi connectivity index (χ1n) is 2.74. The fourth-order valence-electron chi connectivity index (χ4n) is 0.647. The third-order valence-corrected chi connectivity index (χ3v) is 1.42.